The van der Waals surface area contributed by atoms with Crippen LogP contribution in [0.1, 0.15) is 40.5 Å². The molecular formula is C19H22N6O3. The summed E-state index contributed by atoms with van der Waals surface area (Å²) in [7, 11) is 1.59. The second-order valence-corrected chi connectivity index (χ2v) is 6.68. The van der Waals surface area contributed by atoms with E-state index in [1.807, 2.05) is 12.1 Å². The molecule has 3 aromatic rings. The molecule has 2 aromatic heterocycles. The Morgan fingerprint density at radius 2 is 1.75 bits per heavy atom. The summed E-state index contributed by atoms with van der Waals surface area (Å²) < 4.78 is 5.12. The SMILES string of the molecule is COc1ccc(-c2cc(C(=O)NNC(=O)c3cc(CC(C)C)[nH]n3)[nH]n2)cc1. The Hall–Kier alpha value is -3.62. The van der Waals surface area contributed by atoms with Crippen LogP contribution in [0.5, 0.6) is 5.75 Å². The van der Waals surface area contributed by atoms with Crippen molar-refractivity contribution in [2.24, 2.45) is 5.92 Å². The van der Waals surface area contributed by atoms with Gasteiger partial charge in [-0.15, -0.1) is 0 Å². The lowest BCUT2D eigenvalue weighted by molar-refractivity contribution is 0.0841. The van der Waals surface area contributed by atoms with E-state index in [0.29, 0.717) is 11.6 Å². The summed E-state index contributed by atoms with van der Waals surface area (Å²) in [6.45, 7) is 4.15. The van der Waals surface area contributed by atoms with Gasteiger partial charge in [0.1, 0.15) is 11.4 Å². The minimum absolute atomic E-state index is 0.208. The monoisotopic (exact) mass is 382 g/mol. The summed E-state index contributed by atoms with van der Waals surface area (Å²) in [4.78, 5) is 24.4. The Bertz CT molecular complexity index is 958. The van der Waals surface area contributed by atoms with Crippen LogP contribution in [0.25, 0.3) is 11.3 Å². The molecule has 9 nitrogen and oxygen atoms in total. The highest BCUT2D eigenvalue weighted by Crippen LogP contribution is 2.21. The average Bonchev–Trinajstić information content (AvgIpc) is 3.35. The van der Waals surface area contributed by atoms with E-state index in [0.717, 1.165) is 23.4 Å². The maximum absolute atomic E-state index is 12.2. The molecule has 0 aliphatic rings. The molecule has 0 atom stereocenters. The second-order valence-electron chi connectivity index (χ2n) is 6.68. The van der Waals surface area contributed by atoms with E-state index in [1.165, 1.54) is 0 Å². The van der Waals surface area contributed by atoms with Gasteiger partial charge in [0.05, 0.1) is 12.8 Å². The largest absolute Gasteiger partial charge is 0.497 e. The predicted molar refractivity (Wildman–Crippen MR) is 103 cm³/mol. The van der Waals surface area contributed by atoms with Crippen LogP contribution in [0.4, 0.5) is 0 Å². The number of rotatable bonds is 6. The molecule has 9 heteroatoms. The number of benzene rings is 1. The maximum atomic E-state index is 12.2. The van der Waals surface area contributed by atoms with Crippen molar-refractivity contribution in [3.63, 3.8) is 0 Å². The van der Waals surface area contributed by atoms with E-state index >= 15 is 0 Å². The van der Waals surface area contributed by atoms with Gasteiger partial charge in [-0.2, -0.15) is 10.2 Å². The van der Waals surface area contributed by atoms with Crippen molar-refractivity contribution >= 4 is 11.8 Å². The number of nitrogens with zero attached hydrogens (tertiary/aromatic N) is 2. The fourth-order valence-corrected chi connectivity index (χ4v) is 2.61. The van der Waals surface area contributed by atoms with Gasteiger partial charge in [-0.05, 0) is 48.7 Å². The summed E-state index contributed by atoms with van der Waals surface area (Å²) >= 11 is 0. The van der Waals surface area contributed by atoms with Crippen LogP contribution in [-0.4, -0.2) is 39.3 Å². The van der Waals surface area contributed by atoms with Gasteiger partial charge in [-0.3, -0.25) is 30.6 Å². The van der Waals surface area contributed by atoms with Gasteiger partial charge < -0.3 is 4.74 Å². The molecule has 0 saturated carbocycles. The van der Waals surface area contributed by atoms with Crippen molar-refractivity contribution in [3.05, 3.63) is 53.5 Å². The number of nitrogens with one attached hydrogen (secondary N) is 4. The number of aromatic amines is 2. The van der Waals surface area contributed by atoms with Gasteiger partial charge in [0.15, 0.2) is 5.69 Å². The fraction of sp³-hybridized carbons (Fsp3) is 0.263. The molecule has 3 rings (SSSR count). The molecule has 0 spiro atoms. The molecule has 146 valence electrons. The number of hydrogen-bond acceptors (Lipinski definition) is 5. The Balaban J connectivity index is 1.58. The highest BCUT2D eigenvalue weighted by Gasteiger charge is 2.15. The Kier molecular flexibility index (Phi) is 5.73. The number of carbonyl (C=O) groups excluding carboxylic acids is 2. The van der Waals surface area contributed by atoms with Crippen LogP contribution in [0, 0.1) is 5.92 Å². The predicted octanol–water partition coefficient (Wildman–Crippen LogP) is 2.08. The quantitative estimate of drug-likeness (QED) is 0.486. The molecule has 2 heterocycles. The van der Waals surface area contributed by atoms with Gasteiger partial charge in [-0.25, -0.2) is 0 Å². The van der Waals surface area contributed by atoms with E-state index in [2.05, 4.69) is 45.1 Å². The van der Waals surface area contributed by atoms with Gasteiger partial charge in [0.2, 0.25) is 0 Å². The van der Waals surface area contributed by atoms with Crippen LogP contribution >= 0.6 is 0 Å². The summed E-state index contributed by atoms with van der Waals surface area (Å²) in [5.74, 6) is 0.152. The van der Waals surface area contributed by atoms with Crippen LogP contribution in [0.2, 0.25) is 0 Å². The van der Waals surface area contributed by atoms with Crippen molar-refractivity contribution in [2.45, 2.75) is 20.3 Å². The van der Waals surface area contributed by atoms with Crippen molar-refractivity contribution in [2.75, 3.05) is 7.11 Å². The summed E-state index contributed by atoms with van der Waals surface area (Å²) in [5.41, 5.74) is 7.41. The zero-order chi connectivity index (χ0) is 20.1. The Labute approximate surface area is 161 Å². The summed E-state index contributed by atoms with van der Waals surface area (Å²) in [6.07, 6.45) is 0.787. The van der Waals surface area contributed by atoms with E-state index in [9.17, 15) is 9.59 Å². The molecule has 0 radical (unpaired) electrons. The van der Waals surface area contributed by atoms with Crippen molar-refractivity contribution in [3.8, 4) is 17.0 Å². The van der Waals surface area contributed by atoms with Gasteiger partial charge in [0, 0.05) is 11.3 Å². The lowest BCUT2D eigenvalue weighted by atomic mass is 10.1. The Morgan fingerprint density at radius 1 is 1.04 bits per heavy atom. The minimum atomic E-state index is -0.515. The number of aromatic nitrogens is 4. The van der Waals surface area contributed by atoms with Crippen LogP contribution in [0.3, 0.4) is 0 Å². The first-order valence-electron chi connectivity index (χ1n) is 8.81. The highest BCUT2D eigenvalue weighted by atomic mass is 16.5. The average molecular weight is 382 g/mol. The Morgan fingerprint density at radius 3 is 2.43 bits per heavy atom. The fourth-order valence-electron chi connectivity index (χ4n) is 2.61. The standard InChI is InChI=1S/C19H22N6O3/c1-11(2)8-13-9-16(22-20-13)18(26)24-25-19(27)17-10-15(21-23-17)12-4-6-14(28-3)7-5-12/h4-7,9-11H,8H2,1-3H3,(H,20,22)(H,21,23)(H,24,26)(H,25,27). The van der Waals surface area contributed by atoms with E-state index in [1.54, 1.807) is 31.4 Å². The number of H-pyrrole nitrogens is 2. The van der Waals surface area contributed by atoms with Gasteiger partial charge >= 0.3 is 0 Å². The molecule has 0 fully saturated rings. The number of methoxy groups -OCH3 is 1. The van der Waals surface area contributed by atoms with E-state index in [-0.39, 0.29) is 11.4 Å². The van der Waals surface area contributed by atoms with Crippen LogP contribution < -0.4 is 15.6 Å². The zero-order valence-corrected chi connectivity index (χ0v) is 15.9. The van der Waals surface area contributed by atoms with Crippen molar-refractivity contribution < 1.29 is 14.3 Å². The van der Waals surface area contributed by atoms with E-state index < -0.39 is 11.8 Å². The minimum Gasteiger partial charge on any atom is -0.497 e. The molecule has 0 aliphatic carbocycles. The first-order chi connectivity index (χ1) is 13.5. The van der Waals surface area contributed by atoms with Gasteiger partial charge in [0.25, 0.3) is 11.8 Å². The van der Waals surface area contributed by atoms with Crippen molar-refractivity contribution in [1.29, 1.82) is 0 Å². The number of ether oxygens (including phenoxy) is 1. The summed E-state index contributed by atoms with van der Waals surface area (Å²) in [5, 5.41) is 13.6. The molecule has 0 saturated heterocycles. The lowest BCUT2D eigenvalue weighted by Gasteiger charge is -2.03. The molecule has 28 heavy (non-hydrogen) atoms. The number of carbonyl (C=O) groups is 2. The number of hydrogen-bond donors (Lipinski definition) is 4. The van der Waals surface area contributed by atoms with Crippen molar-refractivity contribution in [1.82, 2.24) is 31.2 Å². The number of amides is 2. The molecule has 0 unspecified atom stereocenters. The molecule has 0 bridgehead atoms. The third-order valence-electron chi connectivity index (χ3n) is 3.99. The topological polar surface area (TPSA) is 125 Å². The van der Waals surface area contributed by atoms with Crippen LogP contribution in [-0.2, 0) is 6.42 Å². The third kappa shape index (κ3) is 4.56. The smallest absolute Gasteiger partial charge is 0.290 e. The molecular weight excluding hydrogens is 360 g/mol. The molecule has 0 aliphatic heterocycles. The van der Waals surface area contributed by atoms with Gasteiger partial charge in [-0.1, -0.05) is 13.8 Å². The van der Waals surface area contributed by atoms with Crippen LogP contribution in [0.15, 0.2) is 36.4 Å². The third-order valence-corrected chi connectivity index (χ3v) is 3.99. The first kappa shape index (κ1) is 19.2. The second kappa shape index (κ2) is 8.38. The van der Waals surface area contributed by atoms with E-state index in [4.69, 9.17) is 4.74 Å². The molecule has 1 aromatic carbocycles. The normalized spacial score (nSPS) is 10.7. The molecule has 2 amide bonds. The zero-order valence-electron chi connectivity index (χ0n) is 15.9. The molecule has 4 N–H and O–H groups in total. The highest BCUT2D eigenvalue weighted by molar-refractivity contribution is 5.97. The maximum Gasteiger partial charge on any atom is 0.290 e. The summed E-state index contributed by atoms with van der Waals surface area (Å²) in [6, 6.07) is 10.6. The first-order valence-corrected chi connectivity index (χ1v) is 8.81. The lowest BCUT2D eigenvalue weighted by Crippen LogP contribution is -2.41. The number of hydrazine groups is 1.